The number of furan rings is 1. The summed E-state index contributed by atoms with van der Waals surface area (Å²) >= 11 is 5.66. The molecule has 94 valence electrons. The standard InChI is InChI=1S/C15H10ClNO2/c16-14-9-8-13(19-14)15(18)17-12-7-3-5-10-4-1-2-6-11(10)12/h1-9H,(H,17,18). The Morgan fingerprint density at radius 2 is 1.79 bits per heavy atom. The fourth-order valence-corrected chi connectivity index (χ4v) is 2.10. The van der Waals surface area contributed by atoms with Crippen molar-refractivity contribution >= 4 is 34.0 Å². The van der Waals surface area contributed by atoms with Gasteiger partial charge in [-0.3, -0.25) is 4.79 Å². The van der Waals surface area contributed by atoms with Gasteiger partial charge in [-0.05, 0) is 35.2 Å². The van der Waals surface area contributed by atoms with Crippen LogP contribution in [-0.2, 0) is 0 Å². The average Bonchev–Trinajstić information content (AvgIpc) is 2.86. The predicted molar refractivity (Wildman–Crippen MR) is 75.6 cm³/mol. The molecule has 0 unspecified atom stereocenters. The second kappa shape index (κ2) is 4.78. The third-order valence-electron chi connectivity index (χ3n) is 2.83. The van der Waals surface area contributed by atoms with Gasteiger partial charge in [0.2, 0.25) is 0 Å². The first-order valence-corrected chi connectivity index (χ1v) is 6.16. The highest BCUT2D eigenvalue weighted by Gasteiger charge is 2.11. The lowest BCUT2D eigenvalue weighted by Gasteiger charge is -2.07. The number of benzene rings is 2. The quantitative estimate of drug-likeness (QED) is 0.753. The van der Waals surface area contributed by atoms with E-state index in [-0.39, 0.29) is 16.9 Å². The van der Waals surface area contributed by atoms with Crippen LogP contribution in [0.15, 0.2) is 59.0 Å². The number of halogens is 1. The third kappa shape index (κ3) is 2.33. The van der Waals surface area contributed by atoms with Crippen molar-refractivity contribution in [3.05, 3.63) is 65.6 Å². The van der Waals surface area contributed by atoms with E-state index in [9.17, 15) is 4.79 Å². The van der Waals surface area contributed by atoms with Gasteiger partial charge in [0.25, 0.3) is 5.91 Å². The van der Waals surface area contributed by atoms with Gasteiger partial charge in [0.05, 0.1) is 0 Å². The van der Waals surface area contributed by atoms with Crippen LogP contribution >= 0.6 is 11.6 Å². The maximum Gasteiger partial charge on any atom is 0.291 e. The SMILES string of the molecule is O=C(Nc1cccc2ccccc12)c1ccc(Cl)o1. The second-order valence-electron chi connectivity index (χ2n) is 4.08. The van der Waals surface area contributed by atoms with Crippen molar-refractivity contribution < 1.29 is 9.21 Å². The van der Waals surface area contributed by atoms with Gasteiger partial charge in [-0.2, -0.15) is 0 Å². The molecule has 0 aliphatic rings. The van der Waals surface area contributed by atoms with Crippen LogP contribution in [0.1, 0.15) is 10.6 Å². The number of amides is 1. The van der Waals surface area contributed by atoms with E-state index in [0.29, 0.717) is 0 Å². The van der Waals surface area contributed by atoms with Crippen LogP contribution in [0.25, 0.3) is 10.8 Å². The lowest BCUT2D eigenvalue weighted by Crippen LogP contribution is -2.11. The molecule has 3 aromatic rings. The van der Waals surface area contributed by atoms with Crippen molar-refractivity contribution in [1.29, 1.82) is 0 Å². The zero-order valence-corrected chi connectivity index (χ0v) is 10.6. The van der Waals surface area contributed by atoms with Gasteiger partial charge in [0.1, 0.15) is 0 Å². The van der Waals surface area contributed by atoms with Gasteiger partial charge in [0.15, 0.2) is 11.0 Å². The van der Waals surface area contributed by atoms with Crippen molar-refractivity contribution in [2.45, 2.75) is 0 Å². The molecule has 3 nitrogen and oxygen atoms in total. The minimum atomic E-state index is -0.316. The van der Waals surface area contributed by atoms with Crippen LogP contribution in [0.2, 0.25) is 5.22 Å². The molecule has 1 amide bonds. The van der Waals surface area contributed by atoms with Crippen LogP contribution in [0.3, 0.4) is 0 Å². The monoisotopic (exact) mass is 271 g/mol. The van der Waals surface area contributed by atoms with Crippen molar-refractivity contribution in [3.63, 3.8) is 0 Å². The number of hydrogen-bond acceptors (Lipinski definition) is 2. The number of carbonyl (C=O) groups is 1. The molecule has 19 heavy (non-hydrogen) atoms. The summed E-state index contributed by atoms with van der Waals surface area (Å²) < 4.78 is 5.08. The Kier molecular flexibility index (Phi) is 2.97. The van der Waals surface area contributed by atoms with Crippen LogP contribution < -0.4 is 5.32 Å². The van der Waals surface area contributed by atoms with Crippen LogP contribution in [-0.4, -0.2) is 5.91 Å². The minimum Gasteiger partial charge on any atom is -0.440 e. The van der Waals surface area contributed by atoms with E-state index in [2.05, 4.69) is 5.32 Å². The highest BCUT2D eigenvalue weighted by Crippen LogP contribution is 2.24. The highest BCUT2D eigenvalue weighted by atomic mass is 35.5. The lowest BCUT2D eigenvalue weighted by molar-refractivity contribution is 0.0997. The number of hydrogen-bond donors (Lipinski definition) is 1. The molecule has 0 saturated carbocycles. The van der Waals surface area contributed by atoms with Gasteiger partial charge >= 0.3 is 0 Å². The number of nitrogens with one attached hydrogen (secondary N) is 1. The van der Waals surface area contributed by atoms with E-state index in [1.54, 1.807) is 12.1 Å². The summed E-state index contributed by atoms with van der Waals surface area (Å²) in [4.78, 5) is 12.0. The number of fused-ring (bicyclic) bond motifs is 1. The summed E-state index contributed by atoms with van der Waals surface area (Å²) in [6.07, 6.45) is 0. The number of anilines is 1. The molecule has 1 N–H and O–H groups in total. The Morgan fingerprint density at radius 3 is 2.58 bits per heavy atom. The van der Waals surface area contributed by atoms with Crippen molar-refractivity contribution in [2.24, 2.45) is 0 Å². The molecule has 2 aromatic carbocycles. The normalized spacial score (nSPS) is 10.6. The van der Waals surface area contributed by atoms with E-state index in [4.69, 9.17) is 16.0 Å². The van der Waals surface area contributed by atoms with Crippen LogP contribution in [0.4, 0.5) is 5.69 Å². The first-order valence-electron chi connectivity index (χ1n) is 5.78. The Morgan fingerprint density at radius 1 is 1.00 bits per heavy atom. The van der Waals surface area contributed by atoms with Gasteiger partial charge in [0, 0.05) is 11.1 Å². The number of carbonyl (C=O) groups excluding carboxylic acids is 1. The van der Waals surface area contributed by atoms with Gasteiger partial charge < -0.3 is 9.73 Å². The summed E-state index contributed by atoms with van der Waals surface area (Å²) in [5, 5.41) is 5.07. The van der Waals surface area contributed by atoms with Crippen LogP contribution in [0.5, 0.6) is 0 Å². The largest absolute Gasteiger partial charge is 0.440 e. The Hall–Kier alpha value is -2.26. The first kappa shape index (κ1) is 11.8. The Labute approximate surface area is 114 Å². The van der Waals surface area contributed by atoms with E-state index in [0.717, 1.165) is 16.5 Å². The van der Waals surface area contributed by atoms with Crippen LogP contribution in [0, 0.1) is 0 Å². The van der Waals surface area contributed by atoms with E-state index in [1.165, 1.54) is 0 Å². The highest BCUT2D eigenvalue weighted by molar-refractivity contribution is 6.29. The van der Waals surface area contributed by atoms with E-state index in [1.807, 2.05) is 42.5 Å². The summed E-state index contributed by atoms with van der Waals surface area (Å²) in [5.74, 6) is -0.124. The molecule has 0 fully saturated rings. The third-order valence-corrected chi connectivity index (χ3v) is 3.04. The maximum absolute atomic E-state index is 12.0. The molecule has 0 bridgehead atoms. The molecular weight excluding hydrogens is 262 g/mol. The van der Waals surface area contributed by atoms with Crippen molar-refractivity contribution in [3.8, 4) is 0 Å². The Balaban J connectivity index is 1.95. The topological polar surface area (TPSA) is 42.2 Å². The molecule has 3 rings (SSSR count). The zero-order valence-electron chi connectivity index (χ0n) is 9.89. The fourth-order valence-electron chi connectivity index (χ4n) is 1.95. The maximum atomic E-state index is 12.0. The molecule has 0 aliphatic heterocycles. The zero-order chi connectivity index (χ0) is 13.2. The molecular formula is C15H10ClNO2. The number of rotatable bonds is 2. The Bertz CT molecular complexity index is 743. The fraction of sp³-hybridized carbons (Fsp3) is 0. The second-order valence-corrected chi connectivity index (χ2v) is 4.46. The smallest absolute Gasteiger partial charge is 0.291 e. The van der Waals surface area contributed by atoms with E-state index < -0.39 is 0 Å². The summed E-state index contributed by atoms with van der Waals surface area (Å²) in [5.41, 5.74) is 0.746. The van der Waals surface area contributed by atoms with Gasteiger partial charge in [-0.25, -0.2) is 0 Å². The lowest BCUT2D eigenvalue weighted by atomic mass is 10.1. The molecule has 1 heterocycles. The predicted octanol–water partition coefficient (Wildman–Crippen LogP) is 4.34. The molecule has 4 heteroatoms. The molecule has 0 saturated heterocycles. The summed E-state index contributed by atoms with van der Waals surface area (Å²) in [6, 6.07) is 16.7. The molecule has 0 radical (unpaired) electrons. The average molecular weight is 272 g/mol. The van der Waals surface area contributed by atoms with Crippen molar-refractivity contribution in [2.75, 3.05) is 5.32 Å². The summed E-state index contributed by atoms with van der Waals surface area (Å²) in [6.45, 7) is 0. The summed E-state index contributed by atoms with van der Waals surface area (Å²) in [7, 11) is 0. The van der Waals surface area contributed by atoms with Gasteiger partial charge in [-0.1, -0.05) is 36.4 Å². The first-order chi connectivity index (χ1) is 9.24. The molecule has 0 spiro atoms. The molecule has 0 aliphatic carbocycles. The van der Waals surface area contributed by atoms with E-state index >= 15 is 0 Å². The molecule has 1 aromatic heterocycles. The molecule has 0 atom stereocenters. The minimum absolute atomic E-state index is 0.193. The van der Waals surface area contributed by atoms with Crippen molar-refractivity contribution in [1.82, 2.24) is 0 Å². The van der Waals surface area contributed by atoms with Gasteiger partial charge in [-0.15, -0.1) is 0 Å².